The summed E-state index contributed by atoms with van der Waals surface area (Å²) >= 11 is 1.44. The molecule has 0 saturated carbocycles. The highest BCUT2D eigenvalue weighted by Crippen LogP contribution is 2.29. The molecule has 0 amide bonds. The van der Waals surface area contributed by atoms with Gasteiger partial charge >= 0.3 is 0 Å². The van der Waals surface area contributed by atoms with E-state index in [4.69, 9.17) is 9.84 Å². The van der Waals surface area contributed by atoms with Crippen LogP contribution in [0.5, 0.6) is 0 Å². The largest absolute Gasteiger partial charge is 0.388 e. The number of hydrogen-bond acceptors (Lipinski definition) is 8. The Labute approximate surface area is 152 Å². The molecule has 3 heterocycles. The second-order valence-electron chi connectivity index (χ2n) is 5.83. The number of aromatic nitrogens is 3. The molecule has 1 saturated heterocycles. The fraction of sp³-hybridized carbons (Fsp3) is 0.294. The van der Waals surface area contributed by atoms with Crippen LogP contribution in [0, 0.1) is 0 Å². The first-order valence-electron chi connectivity index (χ1n) is 8.13. The zero-order valence-corrected chi connectivity index (χ0v) is 14.6. The number of fused-ring (bicyclic) bond motifs is 1. The molecule has 8 nitrogen and oxygen atoms in total. The number of aromatic amines is 1. The van der Waals surface area contributed by atoms with Gasteiger partial charge in [0.2, 0.25) is 0 Å². The summed E-state index contributed by atoms with van der Waals surface area (Å²) in [6, 6.07) is 4.58. The van der Waals surface area contributed by atoms with Crippen molar-refractivity contribution in [1.82, 2.24) is 15.0 Å². The van der Waals surface area contributed by atoms with E-state index in [2.05, 4.69) is 19.9 Å². The van der Waals surface area contributed by atoms with Crippen LogP contribution in [0.25, 0.3) is 21.6 Å². The highest BCUT2D eigenvalue weighted by Gasteiger charge is 2.17. The van der Waals surface area contributed by atoms with Crippen molar-refractivity contribution < 1.29 is 14.6 Å². The van der Waals surface area contributed by atoms with E-state index in [1.807, 2.05) is 0 Å². The van der Waals surface area contributed by atoms with Crippen LogP contribution in [0.4, 0.5) is 5.13 Å². The number of nitrogens with zero attached hydrogens (tertiary/aromatic N) is 3. The summed E-state index contributed by atoms with van der Waals surface area (Å²) in [5, 5.41) is 10.3. The molecule has 134 valence electrons. The Morgan fingerprint density at radius 2 is 2.15 bits per heavy atom. The van der Waals surface area contributed by atoms with Crippen LogP contribution in [0.2, 0.25) is 0 Å². The molecular weight excluding hydrogens is 356 g/mol. The number of anilines is 1. The molecule has 1 aliphatic rings. The number of morpholine rings is 1. The first kappa shape index (κ1) is 16.8. The number of hydrogen-bond donors (Lipinski definition) is 2. The normalized spacial score (nSPS) is 14.7. The van der Waals surface area contributed by atoms with Crippen LogP contribution < -0.4 is 10.5 Å². The highest BCUT2D eigenvalue weighted by atomic mass is 32.1. The van der Waals surface area contributed by atoms with Gasteiger partial charge < -0.3 is 19.7 Å². The SMILES string of the molecule is O=C(CO)c1ccc2c(=O)[nH]c(-c3cnc(N4CCOCC4)s3)nc2c1. The lowest BCUT2D eigenvalue weighted by Crippen LogP contribution is -2.36. The number of ether oxygens (including phenoxy) is 1. The Bertz CT molecular complexity index is 1020. The monoisotopic (exact) mass is 372 g/mol. The van der Waals surface area contributed by atoms with Gasteiger partial charge in [-0.2, -0.15) is 0 Å². The van der Waals surface area contributed by atoms with E-state index in [1.54, 1.807) is 12.3 Å². The number of rotatable bonds is 4. The summed E-state index contributed by atoms with van der Waals surface area (Å²) in [4.78, 5) is 38.6. The molecule has 0 bridgehead atoms. The minimum Gasteiger partial charge on any atom is -0.388 e. The average Bonchev–Trinajstić information content (AvgIpc) is 3.18. The van der Waals surface area contributed by atoms with Crippen LogP contribution >= 0.6 is 11.3 Å². The van der Waals surface area contributed by atoms with Crippen molar-refractivity contribution >= 4 is 33.2 Å². The van der Waals surface area contributed by atoms with Crippen LogP contribution in [0.3, 0.4) is 0 Å². The quantitative estimate of drug-likeness (QED) is 0.659. The van der Waals surface area contributed by atoms with E-state index < -0.39 is 12.4 Å². The predicted octanol–water partition coefficient (Wildman–Crippen LogP) is 1.06. The molecule has 2 aromatic heterocycles. The van der Waals surface area contributed by atoms with Gasteiger partial charge in [0.15, 0.2) is 16.7 Å². The molecule has 0 atom stereocenters. The molecule has 3 aromatic rings. The fourth-order valence-electron chi connectivity index (χ4n) is 2.80. The second kappa shape index (κ2) is 6.94. The van der Waals surface area contributed by atoms with E-state index in [1.165, 1.54) is 23.5 Å². The molecule has 4 rings (SSSR count). The molecule has 0 radical (unpaired) electrons. The number of nitrogens with one attached hydrogen (secondary N) is 1. The number of carbonyl (C=O) groups excluding carboxylic acids is 1. The number of aliphatic hydroxyl groups excluding tert-OH is 1. The van der Waals surface area contributed by atoms with Crippen molar-refractivity contribution in [2.75, 3.05) is 37.8 Å². The number of Topliss-reactive ketones (excluding diaryl/α,β-unsaturated/α-hetero) is 1. The molecule has 1 aromatic carbocycles. The van der Waals surface area contributed by atoms with Gasteiger partial charge in [-0.05, 0) is 12.1 Å². The molecular formula is C17H16N4O4S. The minimum atomic E-state index is -0.584. The first-order chi connectivity index (χ1) is 12.7. The van der Waals surface area contributed by atoms with Crippen molar-refractivity contribution in [3.63, 3.8) is 0 Å². The number of aliphatic hydroxyl groups is 1. The van der Waals surface area contributed by atoms with E-state index in [-0.39, 0.29) is 5.56 Å². The van der Waals surface area contributed by atoms with Crippen molar-refractivity contribution in [1.29, 1.82) is 0 Å². The maximum absolute atomic E-state index is 12.4. The molecule has 1 fully saturated rings. The second-order valence-corrected chi connectivity index (χ2v) is 6.84. The number of benzene rings is 1. The molecule has 0 unspecified atom stereocenters. The van der Waals surface area contributed by atoms with Crippen LogP contribution in [-0.4, -0.2) is 58.8 Å². The molecule has 0 spiro atoms. The summed E-state index contributed by atoms with van der Waals surface area (Å²) in [6.45, 7) is 2.31. The van der Waals surface area contributed by atoms with Crippen molar-refractivity contribution in [2.24, 2.45) is 0 Å². The summed E-state index contributed by atoms with van der Waals surface area (Å²) in [5.41, 5.74) is 0.445. The Morgan fingerprint density at radius 3 is 2.92 bits per heavy atom. The molecule has 0 aliphatic carbocycles. The van der Waals surface area contributed by atoms with E-state index in [0.29, 0.717) is 35.5 Å². The van der Waals surface area contributed by atoms with Gasteiger partial charge in [0.25, 0.3) is 5.56 Å². The van der Waals surface area contributed by atoms with Crippen LogP contribution in [0.1, 0.15) is 10.4 Å². The van der Waals surface area contributed by atoms with E-state index in [0.717, 1.165) is 23.1 Å². The summed E-state index contributed by atoms with van der Waals surface area (Å²) in [7, 11) is 0. The number of H-pyrrole nitrogens is 1. The third kappa shape index (κ3) is 3.12. The summed E-state index contributed by atoms with van der Waals surface area (Å²) in [6.07, 6.45) is 1.68. The van der Waals surface area contributed by atoms with Gasteiger partial charge in [-0.25, -0.2) is 9.97 Å². The fourth-order valence-corrected chi connectivity index (χ4v) is 3.71. The first-order valence-corrected chi connectivity index (χ1v) is 8.94. The molecule has 2 N–H and O–H groups in total. The zero-order valence-electron chi connectivity index (χ0n) is 13.8. The van der Waals surface area contributed by atoms with Gasteiger partial charge in [0.05, 0.1) is 35.2 Å². The van der Waals surface area contributed by atoms with E-state index >= 15 is 0 Å². The summed E-state index contributed by atoms with van der Waals surface area (Å²) in [5.74, 6) is -0.00367. The lowest BCUT2D eigenvalue weighted by molar-refractivity contribution is 0.0904. The molecule has 1 aliphatic heterocycles. The molecule has 9 heteroatoms. The number of ketones is 1. The Balaban J connectivity index is 1.73. The van der Waals surface area contributed by atoms with Crippen molar-refractivity contribution in [2.45, 2.75) is 0 Å². The van der Waals surface area contributed by atoms with Crippen LogP contribution in [0.15, 0.2) is 29.2 Å². The third-order valence-electron chi connectivity index (χ3n) is 4.18. The third-order valence-corrected chi connectivity index (χ3v) is 5.25. The number of thiazole rings is 1. The summed E-state index contributed by atoms with van der Waals surface area (Å²) < 4.78 is 5.35. The van der Waals surface area contributed by atoms with Gasteiger partial charge in [-0.3, -0.25) is 9.59 Å². The topological polar surface area (TPSA) is 108 Å². The Morgan fingerprint density at radius 1 is 1.35 bits per heavy atom. The Hall–Kier alpha value is -2.62. The lowest BCUT2D eigenvalue weighted by Gasteiger charge is -2.25. The van der Waals surface area contributed by atoms with Crippen molar-refractivity contribution in [3.05, 3.63) is 40.3 Å². The average molecular weight is 372 g/mol. The maximum Gasteiger partial charge on any atom is 0.259 e. The van der Waals surface area contributed by atoms with Crippen LogP contribution in [-0.2, 0) is 4.74 Å². The van der Waals surface area contributed by atoms with Gasteiger partial charge in [0, 0.05) is 18.7 Å². The zero-order chi connectivity index (χ0) is 18.1. The standard InChI is InChI=1S/C17H16N4O4S/c22-9-13(23)10-1-2-11-12(7-10)19-15(20-16(11)24)14-8-18-17(26-14)21-3-5-25-6-4-21/h1-2,7-8,22H,3-6,9H2,(H,19,20,24). The van der Waals surface area contributed by atoms with Gasteiger partial charge in [-0.1, -0.05) is 17.4 Å². The van der Waals surface area contributed by atoms with E-state index in [9.17, 15) is 9.59 Å². The van der Waals surface area contributed by atoms with Gasteiger partial charge in [0.1, 0.15) is 6.61 Å². The highest BCUT2D eigenvalue weighted by molar-refractivity contribution is 7.18. The minimum absolute atomic E-state index is 0.283. The smallest absolute Gasteiger partial charge is 0.259 e. The molecule has 26 heavy (non-hydrogen) atoms. The predicted molar refractivity (Wildman–Crippen MR) is 97.9 cm³/mol. The Kier molecular flexibility index (Phi) is 4.49. The maximum atomic E-state index is 12.4. The lowest BCUT2D eigenvalue weighted by atomic mass is 10.1. The number of carbonyl (C=O) groups is 1. The van der Waals surface area contributed by atoms with Gasteiger partial charge in [-0.15, -0.1) is 0 Å². The van der Waals surface area contributed by atoms with Crippen molar-refractivity contribution in [3.8, 4) is 10.7 Å².